The number of benzene rings is 4. The molecule has 5 heteroatoms. The average Bonchev–Trinajstić information content (AvgIpc) is 2.80. The van der Waals surface area contributed by atoms with Crippen LogP contribution in [0.5, 0.6) is 17.2 Å². The molecule has 4 aromatic carbocycles. The molecule has 152 valence electrons. The monoisotopic (exact) mass is 428 g/mol. The number of ketones is 2. The summed E-state index contributed by atoms with van der Waals surface area (Å²) in [6.45, 7) is 0. The fourth-order valence-electron chi connectivity index (χ4n) is 3.11. The molecule has 0 bridgehead atoms. The van der Waals surface area contributed by atoms with E-state index in [-0.39, 0.29) is 22.9 Å². The van der Waals surface area contributed by atoms with Gasteiger partial charge in [0, 0.05) is 16.7 Å². The fraction of sp³-hybridized carbons (Fsp3) is 0. The van der Waals surface area contributed by atoms with Crippen molar-refractivity contribution in [2.75, 3.05) is 0 Å². The lowest BCUT2D eigenvalue weighted by Gasteiger charge is -2.08. The second kappa shape index (κ2) is 8.86. The largest absolute Gasteiger partial charge is 0.507 e. The summed E-state index contributed by atoms with van der Waals surface area (Å²) in [5.74, 6) is 0.602. The Bertz CT molecular complexity index is 1150. The summed E-state index contributed by atoms with van der Waals surface area (Å²) in [7, 11) is 0. The minimum Gasteiger partial charge on any atom is -0.507 e. The van der Waals surface area contributed by atoms with Gasteiger partial charge in [-0.05, 0) is 72.8 Å². The Morgan fingerprint density at radius 2 is 1.06 bits per heavy atom. The highest BCUT2D eigenvalue weighted by atomic mass is 35.5. The zero-order valence-corrected chi connectivity index (χ0v) is 17.0. The molecule has 0 aliphatic carbocycles. The van der Waals surface area contributed by atoms with Crippen molar-refractivity contribution in [1.29, 1.82) is 0 Å². The third-order valence-electron chi connectivity index (χ3n) is 4.74. The maximum Gasteiger partial charge on any atom is 0.196 e. The van der Waals surface area contributed by atoms with Gasteiger partial charge in [0.25, 0.3) is 0 Å². The maximum absolute atomic E-state index is 12.6. The van der Waals surface area contributed by atoms with E-state index < -0.39 is 0 Å². The van der Waals surface area contributed by atoms with Crippen LogP contribution in [0.25, 0.3) is 0 Å². The van der Waals surface area contributed by atoms with Crippen LogP contribution in [-0.2, 0) is 0 Å². The minimum absolute atomic E-state index is 0.0562. The summed E-state index contributed by atoms with van der Waals surface area (Å²) >= 11 is 6.11. The van der Waals surface area contributed by atoms with E-state index in [9.17, 15) is 14.7 Å². The van der Waals surface area contributed by atoms with Gasteiger partial charge in [-0.25, -0.2) is 0 Å². The molecule has 0 saturated carbocycles. The summed E-state index contributed by atoms with van der Waals surface area (Å²) in [5.41, 5.74) is 1.64. The van der Waals surface area contributed by atoms with Gasteiger partial charge in [0.1, 0.15) is 17.2 Å². The van der Waals surface area contributed by atoms with Crippen molar-refractivity contribution in [1.82, 2.24) is 0 Å². The summed E-state index contributed by atoms with van der Waals surface area (Å²) < 4.78 is 5.81. The molecule has 0 spiro atoms. The lowest BCUT2D eigenvalue weighted by atomic mass is 10.0. The first kappa shape index (κ1) is 20.4. The second-order valence-corrected chi connectivity index (χ2v) is 7.21. The lowest BCUT2D eigenvalue weighted by Crippen LogP contribution is -2.02. The number of hydrogen-bond donors (Lipinski definition) is 1. The van der Waals surface area contributed by atoms with Crippen molar-refractivity contribution < 1.29 is 19.4 Å². The van der Waals surface area contributed by atoms with Crippen LogP contribution >= 0.6 is 11.6 Å². The van der Waals surface area contributed by atoms with Crippen LogP contribution in [0, 0.1) is 0 Å². The van der Waals surface area contributed by atoms with Crippen LogP contribution in [0.15, 0.2) is 97.1 Å². The third-order valence-corrected chi connectivity index (χ3v) is 5.07. The molecule has 4 aromatic rings. The fourth-order valence-corrected chi connectivity index (χ4v) is 3.33. The number of carbonyl (C=O) groups excluding carboxylic acids is 2. The zero-order chi connectivity index (χ0) is 21.8. The van der Waals surface area contributed by atoms with Crippen LogP contribution in [-0.4, -0.2) is 16.7 Å². The normalized spacial score (nSPS) is 10.5. The van der Waals surface area contributed by atoms with Gasteiger partial charge >= 0.3 is 0 Å². The first-order valence-corrected chi connectivity index (χ1v) is 9.90. The van der Waals surface area contributed by atoms with Gasteiger partial charge < -0.3 is 9.84 Å². The highest BCUT2D eigenvalue weighted by molar-refractivity contribution is 6.35. The highest BCUT2D eigenvalue weighted by Gasteiger charge is 2.14. The predicted octanol–water partition coefficient (Wildman–Crippen LogP) is 6.30. The summed E-state index contributed by atoms with van der Waals surface area (Å²) in [4.78, 5) is 25.1. The molecule has 0 fully saturated rings. The van der Waals surface area contributed by atoms with Gasteiger partial charge in [-0.3, -0.25) is 9.59 Å². The molecular formula is C26H17ClO4. The maximum atomic E-state index is 12.6. The second-order valence-electron chi connectivity index (χ2n) is 6.81. The lowest BCUT2D eigenvalue weighted by molar-refractivity contribution is 0.102. The van der Waals surface area contributed by atoms with Crippen molar-refractivity contribution in [3.05, 3.63) is 124 Å². The number of rotatable bonds is 6. The molecule has 0 aliphatic rings. The van der Waals surface area contributed by atoms with Crippen LogP contribution in [0.2, 0.25) is 5.02 Å². The molecule has 0 aromatic heterocycles. The number of carbonyl (C=O) groups is 2. The number of phenols is 1. The Kier molecular flexibility index (Phi) is 5.83. The Morgan fingerprint density at radius 1 is 0.613 bits per heavy atom. The van der Waals surface area contributed by atoms with Crippen molar-refractivity contribution in [2.45, 2.75) is 0 Å². The molecule has 0 heterocycles. The smallest absolute Gasteiger partial charge is 0.196 e. The molecule has 0 radical (unpaired) electrons. The molecule has 4 rings (SSSR count). The first-order valence-electron chi connectivity index (χ1n) is 9.53. The Labute approximate surface area is 184 Å². The number of hydrogen-bond acceptors (Lipinski definition) is 4. The van der Waals surface area contributed by atoms with Crippen molar-refractivity contribution in [3.63, 3.8) is 0 Å². The van der Waals surface area contributed by atoms with Gasteiger partial charge in [-0.1, -0.05) is 35.9 Å². The predicted molar refractivity (Wildman–Crippen MR) is 119 cm³/mol. The third kappa shape index (κ3) is 4.49. The highest BCUT2D eigenvalue weighted by Crippen LogP contribution is 2.26. The van der Waals surface area contributed by atoms with E-state index in [2.05, 4.69) is 0 Å². The van der Waals surface area contributed by atoms with Crippen LogP contribution < -0.4 is 4.74 Å². The molecular weight excluding hydrogens is 412 g/mol. The van der Waals surface area contributed by atoms with Gasteiger partial charge in [0.05, 0.1) is 10.6 Å². The van der Waals surface area contributed by atoms with E-state index in [0.29, 0.717) is 33.2 Å². The summed E-state index contributed by atoms with van der Waals surface area (Å²) in [6.07, 6.45) is 0. The molecule has 0 amide bonds. The molecule has 0 unspecified atom stereocenters. The molecule has 4 nitrogen and oxygen atoms in total. The molecule has 0 atom stereocenters. The van der Waals surface area contributed by atoms with Gasteiger partial charge in [-0.2, -0.15) is 0 Å². The summed E-state index contributed by atoms with van der Waals surface area (Å²) in [6, 6.07) is 26.7. The van der Waals surface area contributed by atoms with Crippen LogP contribution in [0.4, 0.5) is 0 Å². The van der Waals surface area contributed by atoms with Gasteiger partial charge in [-0.15, -0.1) is 0 Å². The van der Waals surface area contributed by atoms with E-state index in [0.717, 1.165) is 0 Å². The zero-order valence-electron chi connectivity index (χ0n) is 16.3. The van der Waals surface area contributed by atoms with E-state index >= 15 is 0 Å². The number of para-hydroxylation sites is 1. The van der Waals surface area contributed by atoms with Crippen molar-refractivity contribution >= 4 is 23.2 Å². The molecule has 0 aliphatic heterocycles. The number of phenolic OH excluding ortho intramolecular Hbond substituents is 1. The number of aromatic hydroxyl groups is 1. The van der Waals surface area contributed by atoms with E-state index in [1.807, 2.05) is 0 Å². The average molecular weight is 429 g/mol. The topological polar surface area (TPSA) is 63.6 Å². The van der Waals surface area contributed by atoms with E-state index in [1.54, 1.807) is 91.0 Å². The SMILES string of the molecule is O=C(c1ccc(Oc2ccc(C(=O)c3ccccc3Cl)cc2)cc1)c1ccccc1O. The number of ether oxygens (including phenoxy) is 1. The Morgan fingerprint density at radius 3 is 1.58 bits per heavy atom. The molecule has 31 heavy (non-hydrogen) atoms. The van der Waals surface area contributed by atoms with Crippen LogP contribution in [0.1, 0.15) is 31.8 Å². The molecule has 1 N–H and O–H groups in total. The minimum atomic E-state index is -0.271. The van der Waals surface area contributed by atoms with E-state index in [1.165, 1.54) is 6.07 Å². The van der Waals surface area contributed by atoms with Gasteiger partial charge in [0.15, 0.2) is 11.6 Å². The van der Waals surface area contributed by atoms with Crippen molar-refractivity contribution in [2.24, 2.45) is 0 Å². The van der Waals surface area contributed by atoms with Crippen LogP contribution in [0.3, 0.4) is 0 Å². The Balaban J connectivity index is 1.46. The quantitative estimate of drug-likeness (QED) is 0.366. The molecule has 0 saturated heterocycles. The Hall–Kier alpha value is -3.89. The first-order chi connectivity index (χ1) is 15.0. The number of halogens is 1. The van der Waals surface area contributed by atoms with Gasteiger partial charge in [0.2, 0.25) is 0 Å². The van der Waals surface area contributed by atoms with Crippen molar-refractivity contribution in [3.8, 4) is 17.2 Å². The van der Waals surface area contributed by atoms with E-state index in [4.69, 9.17) is 16.3 Å². The summed E-state index contributed by atoms with van der Waals surface area (Å²) in [5, 5.41) is 10.3. The standard InChI is InChI=1S/C26H17ClO4/c27-23-7-3-1-5-21(23)25(29)17-9-13-19(14-10-17)31-20-15-11-18(12-16-20)26(30)22-6-2-4-8-24(22)28/h1-16,28H.